The van der Waals surface area contributed by atoms with Crippen molar-refractivity contribution in [3.8, 4) is 0 Å². The van der Waals surface area contributed by atoms with E-state index in [4.69, 9.17) is 4.52 Å². The molecule has 7 nitrogen and oxygen atoms in total. The molecule has 0 fully saturated rings. The number of aromatic nitrogens is 1. The number of benzene rings is 1. The van der Waals surface area contributed by atoms with Gasteiger partial charge in [-0.3, -0.25) is 14.9 Å². The Kier molecular flexibility index (Phi) is 4.32. The zero-order chi connectivity index (χ0) is 15.4. The largest absolute Gasteiger partial charge is 0.361 e. The molecule has 0 aliphatic rings. The maximum atomic E-state index is 12.1. The number of nitrogens with zero attached hydrogens (tertiary/aromatic N) is 3. The van der Waals surface area contributed by atoms with Gasteiger partial charge < -0.3 is 9.42 Å². The highest BCUT2D eigenvalue weighted by Gasteiger charge is 2.18. The maximum absolute atomic E-state index is 12.1. The van der Waals surface area contributed by atoms with Crippen molar-refractivity contribution in [2.24, 2.45) is 0 Å². The van der Waals surface area contributed by atoms with Gasteiger partial charge in [-0.05, 0) is 6.92 Å². The molecule has 7 heteroatoms. The summed E-state index contributed by atoms with van der Waals surface area (Å²) in [4.78, 5) is 24.1. The predicted octanol–water partition coefficient (Wildman–Crippen LogP) is 2.09. The number of likely N-dealkylation sites (N-methyl/N-ethyl adjacent to an activating group) is 1. The molecule has 0 saturated carbocycles. The van der Waals surface area contributed by atoms with Crippen molar-refractivity contribution in [3.05, 3.63) is 57.5 Å². The van der Waals surface area contributed by atoms with Crippen LogP contribution in [0.4, 0.5) is 5.69 Å². The van der Waals surface area contributed by atoms with Gasteiger partial charge in [0.15, 0.2) is 0 Å². The van der Waals surface area contributed by atoms with Crippen LogP contribution in [-0.2, 0) is 17.8 Å². The van der Waals surface area contributed by atoms with E-state index in [1.165, 1.54) is 11.0 Å². The number of nitro groups is 1. The molecule has 2 aromatic rings. The van der Waals surface area contributed by atoms with Crippen molar-refractivity contribution < 1.29 is 14.2 Å². The highest BCUT2D eigenvalue weighted by molar-refractivity contribution is 5.79. The molecular weight excluding hydrogens is 274 g/mol. The van der Waals surface area contributed by atoms with Crippen molar-refractivity contribution in [2.45, 2.75) is 19.9 Å². The summed E-state index contributed by atoms with van der Waals surface area (Å²) >= 11 is 0. The van der Waals surface area contributed by atoms with E-state index in [2.05, 4.69) is 5.16 Å². The van der Waals surface area contributed by atoms with Gasteiger partial charge in [-0.2, -0.15) is 0 Å². The van der Waals surface area contributed by atoms with E-state index in [0.29, 0.717) is 23.6 Å². The van der Waals surface area contributed by atoms with Gasteiger partial charge in [0, 0.05) is 24.7 Å². The fourth-order valence-corrected chi connectivity index (χ4v) is 1.96. The molecule has 0 unspecified atom stereocenters. The first-order valence-electron chi connectivity index (χ1n) is 6.36. The standard InChI is InChI=1S/C14H15N3O4/c1-10-7-12(15-21-10)9-16(2)14(18)8-11-5-3-4-6-13(11)17(19)20/h3-7H,8-9H2,1-2H3. The minimum atomic E-state index is -0.483. The Bertz CT molecular complexity index is 666. The summed E-state index contributed by atoms with van der Waals surface area (Å²) < 4.78 is 4.94. The van der Waals surface area contributed by atoms with Crippen LogP contribution in [0.3, 0.4) is 0 Å². The molecule has 2 rings (SSSR count). The average molecular weight is 289 g/mol. The van der Waals surface area contributed by atoms with Gasteiger partial charge in [-0.15, -0.1) is 0 Å². The van der Waals surface area contributed by atoms with Crippen LogP contribution in [0.25, 0.3) is 0 Å². The molecule has 1 aromatic carbocycles. The molecule has 0 aliphatic heterocycles. The molecule has 0 bridgehead atoms. The number of carbonyl (C=O) groups is 1. The topological polar surface area (TPSA) is 89.5 Å². The van der Waals surface area contributed by atoms with Crippen molar-refractivity contribution >= 4 is 11.6 Å². The quantitative estimate of drug-likeness (QED) is 0.621. The molecule has 1 aromatic heterocycles. The zero-order valence-corrected chi connectivity index (χ0v) is 11.8. The van der Waals surface area contributed by atoms with Crippen LogP contribution < -0.4 is 0 Å². The van der Waals surface area contributed by atoms with Crippen LogP contribution in [-0.4, -0.2) is 27.9 Å². The Morgan fingerprint density at radius 3 is 2.76 bits per heavy atom. The Hall–Kier alpha value is -2.70. The SMILES string of the molecule is Cc1cc(CN(C)C(=O)Cc2ccccc2[N+](=O)[O-])no1. The highest BCUT2D eigenvalue weighted by atomic mass is 16.6. The van der Waals surface area contributed by atoms with Crippen LogP contribution in [0.15, 0.2) is 34.9 Å². The summed E-state index contributed by atoms with van der Waals surface area (Å²) in [5.74, 6) is 0.453. The monoisotopic (exact) mass is 289 g/mol. The number of aryl methyl sites for hydroxylation is 1. The summed E-state index contributed by atoms with van der Waals surface area (Å²) in [5.41, 5.74) is 0.998. The second-order valence-electron chi connectivity index (χ2n) is 4.74. The van der Waals surface area contributed by atoms with Gasteiger partial charge in [0.05, 0.1) is 17.9 Å². The number of para-hydroxylation sites is 1. The van der Waals surface area contributed by atoms with E-state index < -0.39 is 4.92 Å². The lowest BCUT2D eigenvalue weighted by molar-refractivity contribution is -0.385. The fraction of sp³-hybridized carbons (Fsp3) is 0.286. The maximum Gasteiger partial charge on any atom is 0.273 e. The lowest BCUT2D eigenvalue weighted by atomic mass is 10.1. The first-order valence-corrected chi connectivity index (χ1v) is 6.36. The molecule has 0 atom stereocenters. The number of rotatable bonds is 5. The third-order valence-corrected chi connectivity index (χ3v) is 3.03. The summed E-state index contributed by atoms with van der Waals surface area (Å²) in [6.45, 7) is 2.07. The minimum absolute atomic E-state index is 0.0233. The number of hydrogen-bond donors (Lipinski definition) is 0. The summed E-state index contributed by atoms with van der Waals surface area (Å²) in [5, 5.41) is 14.7. The number of nitro benzene ring substituents is 1. The fourth-order valence-electron chi connectivity index (χ4n) is 1.96. The summed E-state index contributed by atoms with van der Waals surface area (Å²) in [6.07, 6.45) is -0.0233. The van der Waals surface area contributed by atoms with Gasteiger partial charge in [0.25, 0.3) is 5.69 Å². The predicted molar refractivity (Wildman–Crippen MR) is 74.5 cm³/mol. The third kappa shape index (κ3) is 3.65. The molecule has 0 aliphatic carbocycles. The first-order chi connectivity index (χ1) is 9.97. The highest BCUT2D eigenvalue weighted by Crippen LogP contribution is 2.19. The molecule has 0 N–H and O–H groups in total. The van der Waals surface area contributed by atoms with E-state index in [9.17, 15) is 14.9 Å². The zero-order valence-electron chi connectivity index (χ0n) is 11.8. The van der Waals surface area contributed by atoms with Crippen molar-refractivity contribution in [2.75, 3.05) is 7.05 Å². The summed E-state index contributed by atoms with van der Waals surface area (Å²) in [6, 6.07) is 7.98. The molecule has 110 valence electrons. The lowest BCUT2D eigenvalue weighted by Gasteiger charge is -2.15. The molecule has 0 saturated heterocycles. The molecule has 1 heterocycles. The normalized spacial score (nSPS) is 10.4. The molecule has 21 heavy (non-hydrogen) atoms. The Balaban J connectivity index is 2.05. The van der Waals surface area contributed by atoms with Gasteiger partial charge in [0.2, 0.25) is 5.91 Å². The van der Waals surface area contributed by atoms with Crippen molar-refractivity contribution in [3.63, 3.8) is 0 Å². The van der Waals surface area contributed by atoms with Crippen LogP contribution in [0.5, 0.6) is 0 Å². The molecule has 1 amide bonds. The van der Waals surface area contributed by atoms with E-state index >= 15 is 0 Å². The van der Waals surface area contributed by atoms with Gasteiger partial charge in [0.1, 0.15) is 11.5 Å². The number of amides is 1. The van der Waals surface area contributed by atoms with Gasteiger partial charge in [-0.25, -0.2) is 0 Å². The molecule has 0 radical (unpaired) electrons. The molecule has 0 spiro atoms. The van der Waals surface area contributed by atoms with E-state index in [1.54, 1.807) is 38.2 Å². The van der Waals surface area contributed by atoms with E-state index in [1.807, 2.05) is 0 Å². The minimum Gasteiger partial charge on any atom is -0.361 e. The Morgan fingerprint density at radius 1 is 1.43 bits per heavy atom. The second kappa shape index (κ2) is 6.17. The van der Waals surface area contributed by atoms with Gasteiger partial charge >= 0.3 is 0 Å². The first kappa shape index (κ1) is 14.7. The average Bonchev–Trinajstić information content (AvgIpc) is 2.84. The second-order valence-corrected chi connectivity index (χ2v) is 4.74. The van der Waals surface area contributed by atoms with Crippen LogP contribution in [0, 0.1) is 17.0 Å². The van der Waals surface area contributed by atoms with Crippen molar-refractivity contribution in [1.82, 2.24) is 10.1 Å². The van der Waals surface area contributed by atoms with Crippen LogP contribution >= 0.6 is 0 Å². The van der Waals surface area contributed by atoms with Gasteiger partial charge in [-0.1, -0.05) is 23.4 Å². The number of carbonyl (C=O) groups excluding carboxylic acids is 1. The van der Waals surface area contributed by atoms with Crippen LogP contribution in [0.1, 0.15) is 17.0 Å². The van der Waals surface area contributed by atoms with E-state index in [0.717, 1.165) is 0 Å². The Labute approximate surface area is 121 Å². The Morgan fingerprint density at radius 2 is 2.14 bits per heavy atom. The van der Waals surface area contributed by atoms with Crippen LogP contribution in [0.2, 0.25) is 0 Å². The lowest BCUT2D eigenvalue weighted by Crippen LogP contribution is -2.28. The van der Waals surface area contributed by atoms with Crippen molar-refractivity contribution in [1.29, 1.82) is 0 Å². The smallest absolute Gasteiger partial charge is 0.273 e. The summed E-state index contributed by atoms with van der Waals surface area (Å²) in [7, 11) is 1.63. The van der Waals surface area contributed by atoms with E-state index in [-0.39, 0.29) is 18.0 Å². The molecular formula is C14H15N3O4. The third-order valence-electron chi connectivity index (χ3n) is 3.03. The number of hydrogen-bond acceptors (Lipinski definition) is 5.